The summed E-state index contributed by atoms with van der Waals surface area (Å²) in [6.45, 7) is 1.97. The maximum absolute atomic E-state index is 12.5. The summed E-state index contributed by atoms with van der Waals surface area (Å²) in [7, 11) is 3.03. The molecule has 0 aromatic heterocycles. The van der Waals surface area contributed by atoms with Crippen molar-refractivity contribution in [2.24, 2.45) is 0 Å². The lowest BCUT2D eigenvalue weighted by Gasteiger charge is -2.13. The van der Waals surface area contributed by atoms with Gasteiger partial charge in [-0.2, -0.15) is 11.8 Å². The Morgan fingerprint density at radius 2 is 1.88 bits per heavy atom. The number of rotatable bonds is 8. The SMILES string of the molecule is COc1cc(CC(=O)C2=C(O)C(CC(C)SC)OC2=O)cc(OC)c1. The molecule has 0 fully saturated rings. The van der Waals surface area contributed by atoms with E-state index in [1.807, 2.05) is 13.2 Å². The molecule has 2 unspecified atom stereocenters. The van der Waals surface area contributed by atoms with Gasteiger partial charge in [-0.05, 0) is 24.0 Å². The molecule has 0 amide bonds. The Balaban J connectivity index is 2.21. The smallest absolute Gasteiger partial charge is 0.346 e. The first-order valence-electron chi connectivity index (χ1n) is 7.81. The fraction of sp³-hybridized carbons (Fsp3) is 0.444. The fourth-order valence-corrected chi connectivity index (χ4v) is 2.93. The molecule has 0 aliphatic carbocycles. The molecule has 2 atom stereocenters. The molecule has 2 rings (SSSR count). The zero-order valence-electron chi connectivity index (χ0n) is 14.7. The monoisotopic (exact) mass is 366 g/mol. The lowest BCUT2D eigenvalue weighted by Crippen LogP contribution is -2.16. The highest BCUT2D eigenvalue weighted by molar-refractivity contribution is 7.99. The zero-order chi connectivity index (χ0) is 18.6. The van der Waals surface area contributed by atoms with Crippen LogP contribution in [0.2, 0.25) is 0 Å². The molecular weight excluding hydrogens is 344 g/mol. The van der Waals surface area contributed by atoms with Crippen LogP contribution in [0.1, 0.15) is 18.9 Å². The Morgan fingerprint density at radius 3 is 2.40 bits per heavy atom. The molecule has 1 aliphatic rings. The molecule has 6 nitrogen and oxygen atoms in total. The minimum absolute atomic E-state index is 0.0626. The van der Waals surface area contributed by atoms with Crippen LogP contribution >= 0.6 is 11.8 Å². The van der Waals surface area contributed by atoms with E-state index in [2.05, 4.69) is 0 Å². The fourth-order valence-electron chi connectivity index (χ4n) is 2.57. The van der Waals surface area contributed by atoms with Crippen LogP contribution in [-0.2, 0) is 20.7 Å². The van der Waals surface area contributed by atoms with Gasteiger partial charge in [0, 0.05) is 24.2 Å². The number of methoxy groups -OCH3 is 2. The van der Waals surface area contributed by atoms with E-state index in [-0.39, 0.29) is 23.0 Å². The van der Waals surface area contributed by atoms with Crippen molar-refractivity contribution < 1.29 is 28.9 Å². The van der Waals surface area contributed by atoms with Crippen LogP contribution in [0.3, 0.4) is 0 Å². The molecule has 1 heterocycles. The summed E-state index contributed by atoms with van der Waals surface area (Å²) >= 11 is 1.60. The van der Waals surface area contributed by atoms with Crippen LogP contribution < -0.4 is 9.47 Å². The van der Waals surface area contributed by atoms with E-state index in [0.717, 1.165) is 0 Å². The predicted octanol–water partition coefficient (Wildman–Crippen LogP) is 2.69. The van der Waals surface area contributed by atoms with Crippen LogP contribution in [0.15, 0.2) is 29.5 Å². The van der Waals surface area contributed by atoms with Crippen molar-refractivity contribution in [1.29, 1.82) is 0 Å². The second-order valence-electron chi connectivity index (χ2n) is 5.76. The number of ketones is 1. The van der Waals surface area contributed by atoms with E-state index in [1.165, 1.54) is 14.2 Å². The van der Waals surface area contributed by atoms with Gasteiger partial charge in [-0.1, -0.05) is 6.92 Å². The zero-order valence-corrected chi connectivity index (χ0v) is 15.5. The summed E-state index contributed by atoms with van der Waals surface area (Å²) < 4.78 is 15.5. The van der Waals surface area contributed by atoms with Crippen molar-refractivity contribution in [1.82, 2.24) is 0 Å². The Bertz CT molecular complexity index is 675. The van der Waals surface area contributed by atoms with E-state index in [4.69, 9.17) is 14.2 Å². The van der Waals surface area contributed by atoms with E-state index < -0.39 is 17.9 Å². The molecular formula is C18H22O6S. The summed E-state index contributed by atoms with van der Waals surface area (Å²) in [4.78, 5) is 24.6. The second kappa shape index (κ2) is 8.29. The molecule has 0 saturated heterocycles. The molecule has 0 radical (unpaired) electrons. The molecule has 0 spiro atoms. The van der Waals surface area contributed by atoms with Crippen molar-refractivity contribution in [2.45, 2.75) is 31.1 Å². The normalized spacial score (nSPS) is 18.1. The van der Waals surface area contributed by atoms with Gasteiger partial charge in [-0.25, -0.2) is 4.79 Å². The first-order chi connectivity index (χ1) is 11.9. The topological polar surface area (TPSA) is 82.1 Å². The van der Waals surface area contributed by atoms with Crippen molar-refractivity contribution in [2.75, 3.05) is 20.5 Å². The van der Waals surface area contributed by atoms with Crippen LogP contribution in [0.4, 0.5) is 0 Å². The maximum Gasteiger partial charge on any atom is 0.346 e. The summed E-state index contributed by atoms with van der Waals surface area (Å²) in [5, 5.41) is 10.5. The van der Waals surface area contributed by atoms with Gasteiger partial charge in [0.2, 0.25) is 0 Å². The van der Waals surface area contributed by atoms with Gasteiger partial charge in [-0.15, -0.1) is 0 Å². The van der Waals surface area contributed by atoms with E-state index in [9.17, 15) is 14.7 Å². The van der Waals surface area contributed by atoms with Gasteiger partial charge in [0.05, 0.1) is 14.2 Å². The Kier molecular flexibility index (Phi) is 6.36. The van der Waals surface area contributed by atoms with Crippen LogP contribution in [0, 0.1) is 0 Å². The number of aliphatic hydroxyl groups is 1. The predicted molar refractivity (Wildman–Crippen MR) is 95.4 cm³/mol. The van der Waals surface area contributed by atoms with E-state index >= 15 is 0 Å². The Hall–Kier alpha value is -2.15. The average molecular weight is 366 g/mol. The number of thioether (sulfide) groups is 1. The number of carbonyl (C=O) groups excluding carboxylic acids is 2. The average Bonchev–Trinajstić information content (AvgIpc) is 2.87. The standard InChI is InChI=1S/C18H22O6S/c1-10(25-4)5-15-17(20)16(18(21)24-15)14(19)8-11-6-12(22-2)9-13(7-11)23-3/h6-7,9-10,15,20H,5,8H2,1-4H3. The molecule has 25 heavy (non-hydrogen) atoms. The first kappa shape index (κ1) is 19.2. The van der Waals surface area contributed by atoms with Crippen molar-refractivity contribution >= 4 is 23.5 Å². The molecule has 1 aliphatic heterocycles. The lowest BCUT2D eigenvalue weighted by molar-refractivity contribution is -0.141. The Morgan fingerprint density at radius 1 is 1.28 bits per heavy atom. The number of Topliss-reactive ketones (excluding diaryl/α,β-unsaturated/α-hetero) is 1. The molecule has 1 aromatic rings. The molecule has 7 heteroatoms. The van der Waals surface area contributed by atoms with Gasteiger partial charge in [0.25, 0.3) is 0 Å². The highest BCUT2D eigenvalue weighted by Gasteiger charge is 2.38. The second-order valence-corrected chi connectivity index (χ2v) is 7.03. The third kappa shape index (κ3) is 4.48. The molecule has 1 N–H and O–H groups in total. The largest absolute Gasteiger partial charge is 0.507 e. The van der Waals surface area contributed by atoms with Gasteiger partial charge < -0.3 is 19.3 Å². The number of cyclic esters (lactones) is 1. The molecule has 0 saturated carbocycles. The number of hydrogen-bond donors (Lipinski definition) is 1. The highest BCUT2D eigenvalue weighted by Crippen LogP contribution is 2.29. The van der Waals surface area contributed by atoms with Gasteiger partial charge in [-0.3, -0.25) is 4.79 Å². The number of aliphatic hydroxyl groups excluding tert-OH is 1. The summed E-state index contributed by atoms with van der Waals surface area (Å²) in [5.74, 6) is -0.444. The van der Waals surface area contributed by atoms with Crippen LogP contribution in [-0.4, -0.2) is 48.7 Å². The van der Waals surface area contributed by atoms with Gasteiger partial charge in [0.15, 0.2) is 17.6 Å². The minimum Gasteiger partial charge on any atom is -0.507 e. The maximum atomic E-state index is 12.5. The third-order valence-corrected chi connectivity index (χ3v) is 5.01. The quantitative estimate of drug-likeness (QED) is 0.559. The number of carbonyl (C=O) groups is 2. The van der Waals surface area contributed by atoms with Crippen molar-refractivity contribution in [3.05, 3.63) is 35.1 Å². The molecule has 1 aromatic carbocycles. The Labute approximate surface area is 151 Å². The minimum atomic E-state index is -0.768. The van der Waals surface area contributed by atoms with E-state index in [0.29, 0.717) is 23.5 Å². The summed E-state index contributed by atoms with van der Waals surface area (Å²) in [6, 6.07) is 5.06. The summed E-state index contributed by atoms with van der Waals surface area (Å²) in [6.07, 6.45) is 1.58. The van der Waals surface area contributed by atoms with Crippen molar-refractivity contribution in [3.8, 4) is 11.5 Å². The third-order valence-electron chi connectivity index (χ3n) is 4.02. The summed E-state index contributed by atoms with van der Waals surface area (Å²) in [5.41, 5.74) is 0.357. The first-order valence-corrected chi connectivity index (χ1v) is 9.10. The highest BCUT2D eigenvalue weighted by atomic mass is 32.2. The van der Waals surface area contributed by atoms with Gasteiger partial charge in [0.1, 0.15) is 17.1 Å². The van der Waals surface area contributed by atoms with Gasteiger partial charge >= 0.3 is 5.97 Å². The van der Waals surface area contributed by atoms with E-state index in [1.54, 1.807) is 30.0 Å². The molecule has 136 valence electrons. The van der Waals surface area contributed by atoms with Crippen molar-refractivity contribution in [3.63, 3.8) is 0 Å². The number of benzene rings is 1. The number of hydrogen-bond acceptors (Lipinski definition) is 7. The number of esters is 1. The number of ether oxygens (including phenoxy) is 3. The van der Waals surface area contributed by atoms with Crippen LogP contribution in [0.5, 0.6) is 11.5 Å². The molecule has 0 bridgehead atoms. The lowest BCUT2D eigenvalue weighted by atomic mass is 10.0. The van der Waals surface area contributed by atoms with Crippen LogP contribution in [0.25, 0.3) is 0 Å².